The van der Waals surface area contributed by atoms with E-state index in [0.717, 1.165) is 16.7 Å². The van der Waals surface area contributed by atoms with E-state index in [2.05, 4.69) is 4.72 Å². The second kappa shape index (κ2) is 7.70. The highest BCUT2D eigenvalue weighted by Crippen LogP contribution is 2.23. The van der Waals surface area contributed by atoms with Crippen LogP contribution in [0.3, 0.4) is 0 Å². The Morgan fingerprint density at radius 3 is 2.37 bits per heavy atom. The van der Waals surface area contributed by atoms with Crippen molar-refractivity contribution < 1.29 is 17.9 Å². The van der Waals surface area contributed by atoms with E-state index in [1.807, 2.05) is 32.9 Å². The number of sulfonamides is 1. The summed E-state index contributed by atoms with van der Waals surface area (Å²) in [5, 5.41) is 0. The SMILES string of the molecule is Cc1ccc(C)c(NS(=O)(=O)c2ccc(C)c(C(=O)N3CCOCC3)c2)c1. The summed E-state index contributed by atoms with van der Waals surface area (Å²) in [7, 11) is -3.80. The van der Waals surface area contributed by atoms with Crippen LogP contribution < -0.4 is 4.72 Å². The quantitative estimate of drug-likeness (QED) is 0.874. The third kappa shape index (κ3) is 4.31. The van der Waals surface area contributed by atoms with Crippen LogP contribution in [0.2, 0.25) is 0 Å². The van der Waals surface area contributed by atoms with Gasteiger partial charge >= 0.3 is 0 Å². The number of carbonyl (C=O) groups excluding carboxylic acids is 1. The number of hydrogen-bond acceptors (Lipinski definition) is 4. The van der Waals surface area contributed by atoms with Gasteiger partial charge in [-0.3, -0.25) is 9.52 Å². The first-order valence-electron chi connectivity index (χ1n) is 8.86. The zero-order valence-corrected chi connectivity index (χ0v) is 16.6. The number of carbonyl (C=O) groups is 1. The standard InChI is InChI=1S/C20H24N2O4S/c1-14-4-5-16(3)19(12-14)21-27(24,25)17-7-6-15(2)18(13-17)20(23)22-8-10-26-11-9-22/h4-7,12-13,21H,8-11H2,1-3H3. The van der Waals surface area contributed by atoms with E-state index in [-0.39, 0.29) is 10.8 Å². The summed E-state index contributed by atoms with van der Waals surface area (Å²) in [6.07, 6.45) is 0. The number of anilines is 1. The maximum absolute atomic E-state index is 12.9. The Labute approximate surface area is 160 Å². The molecule has 1 amide bonds. The summed E-state index contributed by atoms with van der Waals surface area (Å²) < 4.78 is 33.7. The van der Waals surface area contributed by atoms with Crippen molar-refractivity contribution in [1.82, 2.24) is 4.90 Å². The fraction of sp³-hybridized carbons (Fsp3) is 0.350. The molecule has 1 saturated heterocycles. The van der Waals surface area contributed by atoms with E-state index in [4.69, 9.17) is 4.74 Å². The van der Waals surface area contributed by atoms with Gasteiger partial charge in [-0.2, -0.15) is 0 Å². The molecule has 0 radical (unpaired) electrons. The first-order valence-corrected chi connectivity index (χ1v) is 10.3. The molecule has 0 saturated carbocycles. The summed E-state index contributed by atoms with van der Waals surface area (Å²) in [6.45, 7) is 7.57. The Morgan fingerprint density at radius 1 is 1.00 bits per heavy atom. The molecule has 27 heavy (non-hydrogen) atoms. The molecule has 0 atom stereocenters. The molecule has 0 unspecified atom stereocenters. The fourth-order valence-electron chi connectivity index (χ4n) is 2.98. The number of morpholine rings is 1. The molecule has 1 aliphatic rings. The topological polar surface area (TPSA) is 75.7 Å². The molecular formula is C20H24N2O4S. The Morgan fingerprint density at radius 2 is 1.67 bits per heavy atom. The predicted octanol–water partition coefficient (Wildman–Crippen LogP) is 2.89. The van der Waals surface area contributed by atoms with Crippen LogP contribution in [0.1, 0.15) is 27.0 Å². The highest BCUT2D eigenvalue weighted by molar-refractivity contribution is 7.92. The number of rotatable bonds is 4. The van der Waals surface area contributed by atoms with Gasteiger partial charge in [-0.05, 0) is 55.7 Å². The number of ether oxygens (including phenoxy) is 1. The van der Waals surface area contributed by atoms with E-state index in [1.165, 1.54) is 12.1 Å². The monoisotopic (exact) mass is 388 g/mol. The van der Waals surface area contributed by atoms with Gasteiger partial charge < -0.3 is 9.64 Å². The highest BCUT2D eigenvalue weighted by Gasteiger charge is 2.23. The number of nitrogens with zero attached hydrogens (tertiary/aromatic N) is 1. The van der Waals surface area contributed by atoms with Gasteiger partial charge in [0.1, 0.15) is 0 Å². The van der Waals surface area contributed by atoms with Gasteiger partial charge in [-0.1, -0.05) is 18.2 Å². The van der Waals surface area contributed by atoms with Gasteiger partial charge in [-0.25, -0.2) is 8.42 Å². The second-order valence-electron chi connectivity index (χ2n) is 6.81. The lowest BCUT2D eigenvalue weighted by Gasteiger charge is -2.27. The van der Waals surface area contributed by atoms with Crippen LogP contribution in [-0.4, -0.2) is 45.5 Å². The zero-order valence-electron chi connectivity index (χ0n) is 15.8. The average molecular weight is 388 g/mol. The second-order valence-corrected chi connectivity index (χ2v) is 8.49. The van der Waals surface area contributed by atoms with E-state index in [1.54, 1.807) is 17.0 Å². The summed E-state index contributed by atoms with van der Waals surface area (Å²) in [4.78, 5) is 14.6. The lowest BCUT2D eigenvalue weighted by molar-refractivity contribution is 0.0302. The molecule has 1 N–H and O–H groups in total. The molecule has 7 heteroatoms. The average Bonchev–Trinajstić information content (AvgIpc) is 2.65. The summed E-state index contributed by atoms with van der Waals surface area (Å²) in [6, 6.07) is 10.2. The van der Waals surface area contributed by atoms with Gasteiger partial charge in [0.15, 0.2) is 0 Å². The number of aryl methyl sites for hydroxylation is 3. The highest BCUT2D eigenvalue weighted by atomic mass is 32.2. The van der Waals surface area contributed by atoms with Crippen molar-refractivity contribution in [2.45, 2.75) is 25.7 Å². The van der Waals surface area contributed by atoms with E-state index >= 15 is 0 Å². The maximum Gasteiger partial charge on any atom is 0.261 e. The van der Waals surface area contributed by atoms with Crippen molar-refractivity contribution in [1.29, 1.82) is 0 Å². The van der Waals surface area contributed by atoms with Crippen LogP contribution in [0, 0.1) is 20.8 Å². The summed E-state index contributed by atoms with van der Waals surface area (Å²) in [5.41, 5.74) is 3.49. The summed E-state index contributed by atoms with van der Waals surface area (Å²) in [5.74, 6) is -0.167. The molecule has 0 spiro atoms. The maximum atomic E-state index is 12.9. The lowest BCUT2D eigenvalue weighted by atomic mass is 10.1. The van der Waals surface area contributed by atoms with Crippen LogP contribution in [0.4, 0.5) is 5.69 Å². The van der Waals surface area contributed by atoms with Crippen molar-refractivity contribution in [3.8, 4) is 0 Å². The fourth-order valence-corrected chi connectivity index (χ4v) is 4.13. The van der Waals surface area contributed by atoms with Crippen LogP contribution in [0.25, 0.3) is 0 Å². The van der Waals surface area contributed by atoms with Crippen LogP contribution >= 0.6 is 0 Å². The van der Waals surface area contributed by atoms with Crippen molar-refractivity contribution in [3.05, 3.63) is 58.7 Å². The van der Waals surface area contributed by atoms with Crippen molar-refractivity contribution in [3.63, 3.8) is 0 Å². The number of benzene rings is 2. The molecule has 0 bridgehead atoms. The lowest BCUT2D eigenvalue weighted by Crippen LogP contribution is -2.41. The van der Waals surface area contributed by atoms with Crippen molar-refractivity contribution >= 4 is 21.6 Å². The molecule has 6 nitrogen and oxygen atoms in total. The molecule has 144 valence electrons. The molecular weight excluding hydrogens is 364 g/mol. The molecule has 1 fully saturated rings. The van der Waals surface area contributed by atoms with E-state index in [0.29, 0.717) is 37.6 Å². The Hall–Kier alpha value is -2.38. The van der Waals surface area contributed by atoms with Gasteiger partial charge in [0.2, 0.25) is 0 Å². The van der Waals surface area contributed by atoms with E-state index < -0.39 is 10.0 Å². The van der Waals surface area contributed by atoms with Crippen molar-refractivity contribution in [2.75, 3.05) is 31.0 Å². The first kappa shape index (κ1) is 19.4. The Kier molecular flexibility index (Phi) is 5.53. The van der Waals surface area contributed by atoms with Crippen molar-refractivity contribution in [2.24, 2.45) is 0 Å². The molecule has 3 rings (SSSR count). The first-order chi connectivity index (χ1) is 12.8. The van der Waals surface area contributed by atoms with Gasteiger partial charge in [0.25, 0.3) is 15.9 Å². The summed E-state index contributed by atoms with van der Waals surface area (Å²) >= 11 is 0. The van der Waals surface area contributed by atoms with Crippen LogP contribution in [0.15, 0.2) is 41.3 Å². The normalized spacial score (nSPS) is 14.9. The molecule has 0 aliphatic carbocycles. The van der Waals surface area contributed by atoms with Crippen LogP contribution in [-0.2, 0) is 14.8 Å². The number of nitrogens with one attached hydrogen (secondary N) is 1. The minimum atomic E-state index is -3.80. The van der Waals surface area contributed by atoms with Crippen LogP contribution in [0.5, 0.6) is 0 Å². The third-order valence-corrected chi connectivity index (χ3v) is 6.05. The van der Waals surface area contributed by atoms with Gasteiger partial charge in [0.05, 0.1) is 23.8 Å². The largest absolute Gasteiger partial charge is 0.378 e. The Bertz CT molecular complexity index is 964. The minimum absolute atomic E-state index is 0.0746. The minimum Gasteiger partial charge on any atom is -0.378 e. The van der Waals surface area contributed by atoms with Gasteiger partial charge in [-0.15, -0.1) is 0 Å². The molecule has 1 heterocycles. The molecule has 2 aromatic carbocycles. The van der Waals surface area contributed by atoms with Gasteiger partial charge in [0, 0.05) is 18.7 Å². The van der Waals surface area contributed by atoms with E-state index in [9.17, 15) is 13.2 Å². The Balaban J connectivity index is 1.92. The smallest absolute Gasteiger partial charge is 0.261 e. The number of amides is 1. The molecule has 1 aliphatic heterocycles. The zero-order chi connectivity index (χ0) is 19.6. The molecule has 2 aromatic rings. The number of hydrogen-bond donors (Lipinski definition) is 1. The predicted molar refractivity (Wildman–Crippen MR) is 105 cm³/mol. The third-order valence-electron chi connectivity index (χ3n) is 4.69. The molecule has 0 aromatic heterocycles.